The lowest BCUT2D eigenvalue weighted by Crippen LogP contribution is -2.37. The van der Waals surface area contributed by atoms with E-state index in [1.165, 1.54) is 6.08 Å². The molecular weight excluding hydrogens is 244 g/mol. The molecule has 19 heavy (non-hydrogen) atoms. The van der Waals surface area contributed by atoms with Crippen molar-refractivity contribution in [1.29, 1.82) is 0 Å². The number of Topliss-reactive ketones (excluding diaryl/α,β-unsaturated/α-hetero) is 1. The van der Waals surface area contributed by atoms with E-state index in [1.54, 1.807) is 48.4 Å². The van der Waals surface area contributed by atoms with E-state index in [4.69, 9.17) is 0 Å². The van der Waals surface area contributed by atoms with Crippen molar-refractivity contribution in [2.24, 2.45) is 0 Å². The van der Waals surface area contributed by atoms with Crippen LogP contribution in [0.15, 0.2) is 54.4 Å². The molecule has 0 spiro atoms. The molecule has 0 bridgehead atoms. The van der Waals surface area contributed by atoms with E-state index in [0.717, 1.165) is 0 Å². The molecule has 1 atom stereocenters. The van der Waals surface area contributed by atoms with Gasteiger partial charge in [0.1, 0.15) is 6.04 Å². The minimum absolute atomic E-state index is 0.0540. The second kappa shape index (κ2) is 5.48. The summed E-state index contributed by atoms with van der Waals surface area (Å²) in [6.07, 6.45) is 4.77. The standard InChI is InChI=1S/C14H14N2O3/c1-11-13(16(18)19)8-5-9-15(11)10-14(17)12-6-3-2-4-7-12/h2-9,11H,10H2,1H3. The first-order chi connectivity index (χ1) is 9.09. The normalized spacial score (nSPS) is 18.1. The fraction of sp³-hybridized carbons (Fsp3) is 0.214. The Hall–Kier alpha value is -2.43. The first kappa shape index (κ1) is 13.0. The second-order valence-corrected chi connectivity index (χ2v) is 4.33. The van der Waals surface area contributed by atoms with Gasteiger partial charge in [-0.25, -0.2) is 0 Å². The Kier molecular flexibility index (Phi) is 3.75. The Balaban J connectivity index is 2.09. The van der Waals surface area contributed by atoms with Gasteiger partial charge in [-0.05, 0) is 13.0 Å². The fourth-order valence-corrected chi connectivity index (χ4v) is 1.97. The summed E-state index contributed by atoms with van der Waals surface area (Å²) < 4.78 is 0. The van der Waals surface area contributed by atoms with Gasteiger partial charge < -0.3 is 4.90 Å². The van der Waals surface area contributed by atoms with E-state index in [2.05, 4.69) is 0 Å². The third-order valence-corrected chi connectivity index (χ3v) is 3.10. The molecule has 1 aliphatic rings. The van der Waals surface area contributed by atoms with Crippen molar-refractivity contribution in [2.75, 3.05) is 6.54 Å². The molecule has 1 unspecified atom stereocenters. The molecule has 0 saturated carbocycles. The number of carbonyl (C=O) groups excluding carboxylic acids is 1. The van der Waals surface area contributed by atoms with Gasteiger partial charge >= 0.3 is 0 Å². The topological polar surface area (TPSA) is 63.5 Å². The van der Waals surface area contributed by atoms with Crippen LogP contribution in [0, 0.1) is 10.1 Å². The van der Waals surface area contributed by atoms with Gasteiger partial charge in [-0.15, -0.1) is 0 Å². The molecule has 0 fully saturated rings. The number of nitrogens with zero attached hydrogens (tertiary/aromatic N) is 2. The fourth-order valence-electron chi connectivity index (χ4n) is 1.97. The van der Waals surface area contributed by atoms with Gasteiger partial charge in [0.05, 0.1) is 11.5 Å². The molecule has 1 aromatic carbocycles. The largest absolute Gasteiger partial charge is 0.357 e. The lowest BCUT2D eigenvalue weighted by molar-refractivity contribution is -0.432. The van der Waals surface area contributed by atoms with Crippen LogP contribution in [-0.2, 0) is 0 Å². The van der Waals surface area contributed by atoms with Crippen LogP contribution in [-0.4, -0.2) is 28.2 Å². The van der Waals surface area contributed by atoms with Crippen LogP contribution in [0.5, 0.6) is 0 Å². The number of benzene rings is 1. The van der Waals surface area contributed by atoms with Crippen LogP contribution in [0.2, 0.25) is 0 Å². The van der Waals surface area contributed by atoms with Crippen LogP contribution in [0.4, 0.5) is 0 Å². The lowest BCUT2D eigenvalue weighted by Gasteiger charge is -2.27. The van der Waals surface area contributed by atoms with Gasteiger partial charge in [-0.3, -0.25) is 14.9 Å². The quantitative estimate of drug-likeness (QED) is 0.472. The SMILES string of the molecule is CC1C([N+](=O)[O-])=CC=CN1CC(=O)c1ccccc1. The molecule has 0 aliphatic carbocycles. The third kappa shape index (κ3) is 2.88. The molecule has 0 radical (unpaired) electrons. The van der Waals surface area contributed by atoms with E-state index in [0.29, 0.717) is 5.56 Å². The molecule has 0 amide bonds. The van der Waals surface area contributed by atoms with Crippen LogP contribution < -0.4 is 0 Å². The highest BCUT2D eigenvalue weighted by molar-refractivity contribution is 5.97. The molecule has 98 valence electrons. The third-order valence-electron chi connectivity index (χ3n) is 3.10. The molecule has 0 N–H and O–H groups in total. The Morgan fingerprint density at radius 1 is 1.37 bits per heavy atom. The predicted molar refractivity (Wildman–Crippen MR) is 71.2 cm³/mol. The Morgan fingerprint density at radius 2 is 2.05 bits per heavy atom. The molecule has 1 aliphatic heterocycles. The predicted octanol–water partition coefficient (Wildman–Crippen LogP) is 2.25. The van der Waals surface area contributed by atoms with Crippen molar-refractivity contribution in [2.45, 2.75) is 13.0 Å². The summed E-state index contributed by atoms with van der Waals surface area (Å²) in [5, 5.41) is 10.9. The molecular formula is C14H14N2O3. The zero-order chi connectivity index (χ0) is 13.8. The van der Waals surface area contributed by atoms with Crippen LogP contribution >= 0.6 is 0 Å². The van der Waals surface area contributed by atoms with Crippen LogP contribution in [0.3, 0.4) is 0 Å². The number of nitro groups is 1. The van der Waals surface area contributed by atoms with Crippen molar-refractivity contribution in [1.82, 2.24) is 4.90 Å². The summed E-state index contributed by atoms with van der Waals surface area (Å²) in [6, 6.07) is 8.51. The zero-order valence-corrected chi connectivity index (χ0v) is 10.5. The van der Waals surface area contributed by atoms with E-state index in [9.17, 15) is 14.9 Å². The lowest BCUT2D eigenvalue weighted by atomic mass is 10.1. The second-order valence-electron chi connectivity index (χ2n) is 4.33. The highest BCUT2D eigenvalue weighted by Gasteiger charge is 2.27. The van der Waals surface area contributed by atoms with Crippen molar-refractivity contribution < 1.29 is 9.72 Å². The molecule has 5 heteroatoms. The van der Waals surface area contributed by atoms with Gasteiger partial charge in [0.15, 0.2) is 5.78 Å². The molecule has 1 heterocycles. The first-order valence-corrected chi connectivity index (χ1v) is 5.96. The van der Waals surface area contributed by atoms with Gasteiger partial charge in [-0.2, -0.15) is 0 Å². The summed E-state index contributed by atoms with van der Waals surface area (Å²) in [5.41, 5.74) is 0.712. The number of rotatable bonds is 4. The summed E-state index contributed by atoms with van der Waals surface area (Å²) in [7, 11) is 0. The number of hydrogen-bond acceptors (Lipinski definition) is 4. The van der Waals surface area contributed by atoms with E-state index in [-0.39, 0.29) is 18.0 Å². The summed E-state index contributed by atoms with van der Waals surface area (Å²) >= 11 is 0. The molecule has 1 aromatic rings. The van der Waals surface area contributed by atoms with Gasteiger partial charge in [0, 0.05) is 17.8 Å². The van der Waals surface area contributed by atoms with E-state index < -0.39 is 11.0 Å². The van der Waals surface area contributed by atoms with Crippen molar-refractivity contribution in [3.63, 3.8) is 0 Å². The highest BCUT2D eigenvalue weighted by Crippen LogP contribution is 2.17. The van der Waals surface area contributed by atoms with E-state index >= 15 is 0 Å². The smallest absolute Gasteiger partial charge is 0.268 e. The van der Waals surface area contributed by atoms with Crippen molar-refractivity contribution in [3.05, 3.63) is 70.1 Å². The number of ketones is 1. The molecule has 2 rings (SSSR count). The molecule has 0 aromatic heterocycles. The van der Waals surface area contributed by atoms with Gasteiger partial charge in [0.25, 0.3) is 5.70 Å². The van der Waals surface area contributed by atoms with E-state index in [1.807, 2.05) is 6.07 Å². The maximum atomic E-state index is 12.1. The average Bonchev–Trinajstić information content (AvgIpc) is 2.41. The number of hydrogen-bond donors (Lipinski definition) is 0. The summed E-state index contributed by atoms with van der Waals surface area (Å²) in [6.45, 7) is 1.85. The highest BCUT2D eigenvalue weighted by atomic mass is 16.6. The van der Waals surface area contributed by atoms with Crippen molar-refractivity contribution >= 4 is 5.78 Å². The Bertz CT molecular complexity index is 549. The number of allylic oxidation sites excluding steroid dienone is 2. The first-order valence-electron chi connectivity index (χ1n) is 5.96. The summed E-state index contributed by atoms with van der Waals surface area (Å²) in [5.74, 6) is -0.0540. The maximum Gasteiger partial charge on any atom is 0.268 e. The van der Waals surface area contributed by atoms with Crippen LogP contribution in [0.25, 0.3) is 0 Å². The summed E-state index contributed by atoms with van der Waals surface area (Å²) in [4.78, 5) is 24.2. The molecule has 0 saturated heterocycles. The van der Waals surface area contributed by atoms with Crippen molar-refractivity contribution in [3.8, 4) is 0 Å². The maximum absolute atomic E-state index is 12.1. The minimum atomic E-state index is -0.410. The number of carbonyl (C=O) groups is 1. The monoisotopic (exact) mass is 258 g/mol. The zero-order valence-electron chi connectivity index (χ0n) is 10.5. The average molecular weight is 258 g/mol. The Morgan fingerprint density at radius 3 is 2.68 bits per heavy atom. The van der Waals surface area contributed by atoms with Crippen LogP contribution in [0.1, 0.15) is 17.3 Å². The van der Waals surface area contributed by atoms with Gasteiger partial charge in [0.2, 0.25) is 0 Å². The Labute approximate surface area is 111 Å². The minimum Gasteiger partial charge on any atom is -0.357 e. The molecule has 5 nitrogen and oxygen atoms in total. The van der Waals surface area contributed by atoms with Gasteiger partial charge in [-0.1, -0.05) is 30.3 Å².